The summed E-state index contributed by atoms with van der Waals surface area (Å²) in [6.45, 7) is 4.13. The number of amides is 4. The number of hydrogen-bond donors (Lipinski definition) is 3. The minimum atomic E-state index is -4.32. The number of anilines is 2. The molecule has 29 heavy (non-hydrogen) atoms. The molecule has 0 unspecified atom stereocenters. The van der Waals surface area contributed by atoms with Crippen LogP contribution in [-0.4, -0.2) is 42.3 Å². The number of carbonyl (C=O) groups excluding carboxylic acids is 3. The van der Waals surface area contributed by atoms with Gasteiger partial charge in [0.2, 0.25) is 0 Å². The van der Waals surface area contributed by atoms with Crippen LogP contribution < -0.4 is 10.6 Å². The first-order valence-electron chi connectivity index (χ1n) is 8.72. The monoisotopic (exact) mass is 417 g/mol. The van der Waals surface area contributed by atoms with Crippen molar-refractivity contribution in [1.82, 2.24) is 4.90 Å². The normalized spacial score (nSPS) is 13.6. The lowest BCUT2D eigenvalue weighted by Crippen LogP contribution is -2.33. The van der Waals surface area contributed by atoms with E-state index < -0.39 is 22.1 Å². The number of urea groups is 1. The van der Waals surface area contributed by atoms with Gasteiger partial charge in [0.1, 0.15) is 0 Å². The molecular weight excluding hydrogens is 398 g/mol. The van der Waals surface area contributed by atoms with Gasteiger partial charge < -0.3 is 10.6 Å². The van der Waals surface area contributed by atoms with Crippen LogP contribution in [0.4, 0.5) is 16.2 Å². The Labute approximate surface area is 167 Å². The summed E-state index contributed by atoms with van der Waals surface area (Å²) in [5, 5.41) is 5.06. The second kappa shape index (κ2) is 7.64. The van der Waals surface area contributed by atoms with Gasteiger partial charge in [-0.05, 0) is 48.4 Å². The Morgan fingerprint density at radius 2 is 1.52 bits per heavy atom. The van der Waals surface area contributed by atoms with Gasteiger partial charge in [-0.1, -0.05) is 13.8 Å². The number of nitrogens with zero attached hydrogens (tertiary/aromatic N) is 1. The second-order valence-corrected chi connectivity index (χ2v) is 8.38. The van der Waals surface area contributed by atoms with E-state index in [2.05, 4.69) is 10.6 Å². The molecule has 10 heteroatoms. The fourth-order valence-corrected chi connectivity index (χ4v) is 3.38. The molecule has 2 aromatic carbocycles. The van der Waals surface area contributed by atoms with E-state index in [0.717, 1.165) is 12.1 Å². The largest absolute Gasteiger partial charge is 0.323 e. The van der Waals surface area contributed by atoms with Crippen molar-refractivity contribution in [2.45, 2.75) is 18.7 Å². The van der Waals surface area contributed by atoms with Gasteiger partial charge in [-0.15, -0.1) is 0 Å². The molecule has 1 aliphatic rings. The van der Waals surface area contributed by atoms with E-state index in [1.165, 1.54) is 35.2 Å². The van der Waals surface area contributed by atoms with Gasteiger partial charge >= 0.3 is 6.03 Å². The highest BCUT2D eigenvalue weighted by Gasteiger charge is 2.35. The quantitative estimate of drug-likeness (QED) is 0.506. The molecule has 0 bridgehead atoms. The molecule has 0 radical (unpaired) electrons. The summed E-state index contributed by atoms with van der Waals surface area (Å²) in [5.74, 6) is -0.620. The molecule has 0 saturated carbocycles. The minimum absolute atomic E-state index is 0.132. The van der Waals surface area contributed by atoms with Crippen molar-refractivity contribution in [1.29, 1.82) is 0 Å². The first kappa shape index (κ1) is 20.5. The van der Waals surface area contributed by atoms with Gasteiger partial charge in [0.15, 0.2) is 0 Å². The van der Waals surface area contributed by atoms with Gasteiger partial charge in [-0.3, -0.25) is 19.0 Å². The van der Waals surface area contributed by atoms with Crippen molar-refractivity contribution < 1.29 is 27.4 Å². The van der Waals surface area contributed by atoms with Crippen molar-refractivity contribution in [3.8, 4) is 0 Å². The lowest BCUT2D eigenvalue weighted by molar-refractivity contribution is 0.0636. The first-order chi connectivity index (χ1) is 13.6. The van der Waals surface area contributed by atoms with E-state index in [-0.39, 0.29) is 22.3 Å². The first-order valence-corrected chi connectivity index (χ1v) is 10.2. The summed E-state index contributed by atoms with van der Waals surface area (Å²) in [4.78, 5) is 37.9. The third-order valence-electron chi connectivity index (χ3n) is 4.19. The third-order valence-corrected chi connectivity index (χ3v) is 5.05. The lowest BCUT2D eigenvalue weighted by atomic mass is 10.1. The Morgan fingerprint density at radius 1 is 0.966 bits per heavy atom. The predicted octanol–water partition coefficient (Wildman–Crippen LogP) is 2.83. The van der Waals surface area contributed by atoms with E-state index in [1.54, 1.807) is 0 Å². The van der Waals surface area contributed by atoms with Crippen LogP contribution >= 0.6 is 0 Å². The average molecular weight is 417 g/mol. The molecule has 0 atom stereocenters. The van der Waals surface area contributed by atoms with Crippen LogP contribution in [0.15, 0.2) is 47.4 Å². The summed E-state index contributed by atoms with van der Waals surface area (Å²) in [7, 11) is -4.32. The van der Waals surface area contributed by atoms with Crippen molar-refractivity contribution in [3.05, 3.63) is 53.6 Å². The molecule has 0 aromatic heterocycles. The number of imide groups is 1. The fourth-order valence-electron chi connectivity index (χ4n) is 2.90. The van der Waals surface area contributed by atoms with Gasteiger partial charge in [0.05, 0.1) is 16.0 Å². The second-order valence-electron chi connectivity index (χ2n) is 6.95. The Kier molecular flexibility index (Phi) is 5.40. The molecule has 0 spiro atoms. The molecule has 9 nitrogen and oxygen atoms in total. The number of nitrogens with one attached hydrogen (secondary N) is 2. The van der Waals surface area contributed by atoms with Crippen molar-refractivity contribution in [2.24, 2.45) is 5.92 Å². The maximum atomic E-state index is 12.5. The highest BCUT2D eigenvalue weighted by Crippen LogP contribution is 2.26. The zero-order valence-corrected chi connectivity index (χ0v) is 16.5. The van der Waals surface area contributed by atoms with Crippen molar-refractivity contribution in [2.75, 3.05) is 17.2 Å². The van der Waals surface area contributed by atoms with Crippen LogP contribution in [0.3, 0.4) is 0 Å². The molecule has 3 rings (SSSR count). The predicted molar refractivity (Wildman–Crippen MR) is 106 cm³/mol. The molecule has 152 valence electrons. The number of rotatable bonds is 5. The van der Waals surface area contributed by atoms with Gasteiger partial charge in [0.25, 0.3) is 21.9 Å². The zero-order chi connectivity index (χ0) is 21.3. The standard InChI is InChI=1S/C19H19N3O6S/c1-11(2)10-22-17(23)15-8-5-13(9-16(15)18(22)24)21-19(25)20-12-3-6-14(7-4-12)29(26,27)28/h3-9,11H,10H2,1-2H3,(H2,20,21,25)(H,26,27,28). The number of fused-ring (bicyclic) bond motifs is 1. The summed E-state index contributed by atoms with van der Waals surface area (Å²) in [5.41, 5.74) is 1.14. The minimum Gasteiger partial charge on any atom is -0.308 e. The van der Waals surface area contributed by atoms with E-state index in [0.29, 0.717) is 23.5 Å². The Bertz CT molecular complexity index is 1090. The highest BCUT2D eigenvalue weighted by molar-refractivity contribution is 7.85. The van der Waals surface area contributed by atoms with E-state index in [9.17, 15) is 22.8 Å². The van der Waals surface area contributed by atoms with E-state index >= 15 is 0 Å². The Morgan fingerprint density at radius 3 is 2.10 bits per heavy atom. The maximum Gasteiger partial charge on any atom is 0.323 e. The molecule has 3 N–H and O–H groups in total. The number of hydrogen-bond acceptors (Lipinski definition) is 5. The van der Waals surface area contributed by atoms with Gasteiger partial charge in [-0.25, -0.2) is 4.79 Å². The third kappa shape index (κ3) is 4.44. The van der Waals surface area contributed by atoms with Gasteiger partial charge in [0, 0.05) is 17.9 Å². The number of carbonyl (C=O) groups is 3. The van der Waals surface area contributed by atoms with E-state index in [1.807, 2.05) is 13.8 Å². The maximum absolute atomic E-state index is 12.5. The molecular formula is C19H19N3O6S. The van der Waals surface area contributed by atoms with Crippen molar-refractivity contribution >= 4 is 39.3 Å². The Hall–Kier alpha value is -3.24. The van der Waals surface area contributed by atoms with Crippen LogP contribution in [-0.2, 0) is 10.1 Å². The van der Waals surface area contributed by atoms with E-state index in [4.69, 9.17) is 4.55 Å². The highest BCUT2D eigenvalue weighted by atomic mass is 32.2. The van der Waals surface area contributed by atoms with Gasteiger partial charge in [-0.2, -0.15) is 8.42 Å². The van der Waals surface area contributed by atoms with Crippen LogP contribution in [0, 0.1) is 5.92 Å². The molecule has 0 aliphatic carbocycles. The van der Waals surface area contributed by atoms with Crippen LogP contribution in [0.2, 0.25) is 0 Å². The summed E-state index contributed by atoms with van der Waals surface area (Å²) in [6.07, 6.45) is 0. The summed E-state index contributed by atoms with van der Waals surface area (Å²) >= 11 is 0. The summed E-state index contributed by atoms with van der Waals surface area (Å²) in [6, 6.07) is 8.75. The summed E-state index contributed by atoms with van der Waals surface area (Å²) < 4.78 is 31.0. The lowest BCUT2D eigenvalue weighted by Gasteiger charge is -2.15. The molecule has 2 aromatic rings. The topological polar surface area (TPSA) is 133 Å². The molecule has 4 amide bonds. The average Bonchev–Trinajstić information content (AvgIpc) is 2.85. The van der Waals surface area contributed by atoms with Crippen molar-refractivity contribution in [3.63, 3.8) is 0 Å². The number of benzene rings is 2. The molecule has 0 saturated heterocycles. The smallest absolute Gasteiger partial charge is 0.308 e. The Balaban J connectivity index is 1.71. The van der Waals surface area contributed by atoms with Crippen LogP contribution in [0.1, 0.15) is 34.6 Å². The molecule has 1 aliphatic heterocycles. The fraction of sp³-hybridized carbons (Fsp3) is 0.211. The van der Waals surface area contributed by atoms with Crippen LogP contribution in [0.25, 0.3) is 0 Å². The molecule has 0 fully saturated rings. The molecule has 1 heterocycles. The zero-order valence-electron chi connectivity index (χ0n) is 15.7. The van der Waals surface area contributed by atoms with Crippen LogP contribution in [0.5, 0.6) is 0 Å². The SMILES string of the molecule is CC(C)CN1C(=O)c2ccc(NC(=O)Nc3ccc(S(=O)(=O)O)cc3)cc2C1=O.